The van der Waals surface area contributed by atoms with E-state index >= 15 is 0 Å². The lowest BCUT2D eigenvalue weighted by Crippen LogP contribution is -2.47. The van der Waals surface area contributed by atoms with Crippen LogP contribution in [-0.2, 0) is 9.47 Å². The largest absolute Gasteiger partial charge is 0.356 e. The summed E-state index contributed by atoms with van der Waals surface area (Å²) in [4.78, 5) is 14.6. The molecule has 7 heteroatoms. The number of rotatable bonds is 4. The van der Waals surface area contributed by atoms with Gasteiger partial charge in [-0.2, -0.15) is 4.98 Å². The van der Waals surface area contributed by atoms with Crippen LogP contribution in [0.25, 0.3) is 0 Å². The van der Waals surface area contributed by atoms with Crippen molar-refractivity contribution in [2.24, 2.45) is 0 Å². The molecule has 1 N–H and O–H groups in total. The van der Waals surface area contributed by atoms with Crippen molar-refractivity contribution in [1.29, 1.82) is 0 Å². The second-order valence-corrected chi connectivity index (χ2v) is 9.81. The van der Waals surface area contributed by atoms with Gasteiger partial charge in [-0.05, 0) is 51.1 Å². The van der Waals surface area contributed by atoms with Gasteiger partial charge in [0.2, 0.25) is 5.95 Å². The minimum atomic E-state index is -0.262. The van der Waals surface area contributed by atoms with Crippen molar-refractivity contribution in [2.75, 3.05) is 49.6 Å². The lowest BCUT2D eigenvalue weighted by molar-refractivity contribution is -0.183. The number of nitrogens with zero attached hydrogens (tertiary/aromatic N) is 4. The van der Waals surface area contributed by atoms with E-state index in [2.05, 4.69) is 26.2 Å². The fourth-order valence-electron chi connectivity index (χ4n) is 5.89. The number of hydrogen-bond donors (Lipinski definition) is 1. The summed E-state index contributed by atoms with van der Waals surface area (Å²) in [7, 11) is 0. The molecule has 1 aromatic heterocycles. The van der Waals surface area contributed by atoms with E-state index in [9.17, 15) is 0 Å². The Morgan fingerprint density at radius 3 is 2.42 bits per heavy atom. The molecule has 1 unspecified atom stereocenters. The lowest BCUT2D eigenvalue weighted by Gasteiger charge is -2.41. The Hall–Kier alpha value is -1.44. The van der Waals surface area contributed by atoms with E-state index in [0.29, 0.717) is 12.1 Å². The van der Waals surface area contributed by atoms with Crippen molar-refractivity contribution in [3.8, 4) is 0 Å². The zero-order chi connectivity index (χ0) is 20.9. The molecule has 1 aliphatic carbocycles. The summed E-state index contributed by atoms with van der Waals surface area (Å²) in [6.07, 6.45) is 15.3. The van der Waals surface area contributed by atoms with E-state index in [-0.39, 0.29) is 5.79 Å². The van der Waals surface area contributed by atoms with E-state index in [0.717, 1.165) is 57.5 Å². The predicted molar refractivity (Wildman–Crippen MR) is 122 cm³/mol. The van der Waals surface area contributed by atoms with Gasteiger partial charge in [-0.1, -0.05) is 19.3 Å². The molecule has 0 aromatic carbocycles. The Balaban J connectivity index is 1.19. The maximum absolute atomic E-state index is 5.94. The highest BCUT2D eigenvalue weighted by Gasteiger charge is 2.41. The molecule has 5 rings (SSSR count). The SMILES string of the molecule is c1cc(N2CCCCCC2)nc(NC2CCCCN(C3CCC4(CC3)OCCO4)C2)n1. The van der Waals surface area contributed by atoms with Gasteiger partial charge in [-0.15, -0.1) is 0 Å². The first-order chi connectivity index (χ1) is 15.3. The molecule has 3 saturated heterocycles. The summed E-state index contributed by atoms with van der Waals surface area (Å²) in [5.41, 5.74) is 0. The fraction of sp³-hybridized carbons (Fsp3) is 0.833. The van der Waals surface area contributed by atoms with Gasteiger partial charge < -0.3 is 19.7 Å². The average molecular weight is 430 g/mol. The maximum atomic E-state index is 5.94. The molecule has 0 radical (unpaired) electrons. The fourth-order valence-corrected chi connectivity index (χ4v) is 5.89. The smallest absolute Gasteiger partial charge is 0.224 e. The molecule has 4 fully saturated rings. The van der Waals surface area contributed by atoms with Crippen LogP contribution in [0.5, 0.6) is 0 Å². The van der Waals surface area contributed by atoms with Crippen LogP contribution in [0, 0.1) is 0 Å². The number of anilines is 2. The molecule has 4 heterocycles. The summed E-state index contributed by atoms with van der Waals surface area (Å²) in [5.74, 6) is 1.62. The van der Waals surface area contributed by atoms with Crippen molar-refractivity contribution >= 4 is 11.8 Å². The Bertz CT molecular complexity index is 693. The quantitative estimate of drug-likeness (QED) is 0.781. The first-order valence-corrected chi connectivity index (χ1v) is 12.7. The number of aromatic nitrogens is 2. The third-order valence-corrected chi connectivity index (χ3v) is 7.65. The third kappa shape index (κ3) is 5.32. The molecule has 4 aliphatic rings. The number of hydrogen-bond acceptors (Lipinski definition) is 7. The molecule has 3 aliphatic heterocycles. The normalized spacial score (nSPS) is 28.4. The zero-order valence-electron chi connectivity index (χ0n) is 18.9. The topological polar surface area (TPSA) is 62.8 Å². The van der Waals surface area contributed by atoms with Crippen LogP contribution in [0.4, 0.5) is 11.8 Å². The molecule has 7 nitrogen and oxygen atoms in total. The summed E-state index contributed by atoms with van der Waals surface area (Å²) in [5, 5.41) is 3.69. The van der Waals surface area contributed by atoms with Gasteiger partial charge in [-0.25, -0.2) is 4.98 Å². The van der Waals surface area contributed by atoms with Crippen LogP contribution in [0.15, 0.2) is 12.3 Å². The van der Waals surface area contributed by atoms with E-state index in [1.54, 1.807) is 0 Å². The Labute approximate surface area is 186 Å². The van der Waals surface area contributed by atoms with E-state index in [4.69, 9.17) is 14.5 Å². The van der Waals surface area contributed by atoms with Crippen molar-refractivity contribution in [2.45, 2.75) is 88.5 Å². The van der Waals surface area contributed by atoms with Crippen LogP contribution in [0.2, 0.25) is 0 Å². The second-order valence-electron chi connectivity index (χ2n) is 9.81. The van der Waals surface area contributed by atoms with E-state index in [1.807, 2.05) is 6.20 Å². The molecular formula is C24H39N5O2. The van der Waals surface area contributed by atoms with Crippen LogP contribution in [-0.4, -0.2) is 72.1 Å². The maximum Gasteiger partial charge on any atom is 0.224 e. The molecule has 31 heavy (non-hydrogen) atoms. The number of likely N-dealkylation sites (tertiary alicyclic amines) is 1. The van der Waals surface area contributed by atoms with Gasteiger partial charge >= 0.3 is 0 Å². The van der Waals surface area contributed by atoms with Crippen molar-refractivity contribution < 1.29 is 9.47 Å². The van der Waals surface area contributed by atoms with Gasteiger partial charge in [0, 0.05) is 50.8 Å². The van der Waals surface area contributed by atoms with Gasteiger partial charge in [0.25, 0.3) is 0 Å². The van der Waals surface area contributed by atoms with Crippen LogP contribution in [0.1, 0.15) is 70.6 Å². The standard InChI is InChI=1S/C24H39N5O2/c1-2-5-15-28(14-4-1)22-10-13-25-23(27-22)26-20-7-3-6-16-29(19-20)21-8-11-24(12-9-21)30-17-18-31-24/h10,13,20-21H,1-9,11-12,14-19H2,(H,25,26,27). The Morgan fingerprint density at radius 2 is 1.65 bits per heavy atom. The van der Waals surface area contributed by atoms with Gasteiger partial charge in [0.1, 0.15) is 5.82 Å². The predicted octanol–water partition coefficient (Wildman–Crippen LogP) is 3.81. The van der Waals surface area contributed by atoms with Gasteiger partial charge in [0.15, 0.2) is 5.79 Å². The third-order valence-electron chi connectivity index (χ3n) is 7.65. The minimum Gasteiger partial charge on any atom is -0.356 e. The Morgan fingerprint density at radius 1 is 0.903 bits per heavy atom. The van der Waals surface area contributed by atoms with E-state index < -0.39 is 0 Å². The van der Waals surface area contributed by atoms with Crippen molar-refractivity contribution in [3.05, 3.63) is 12.3 Å². The zero-order valence-corrected chi connectivity index (χ0v) is 18.9. The summed E-state index contributed by atoms with van der Waals surface area (Å²) < 4.78 is 11.9. The summed E-state index contributed by atoms with van der Waals surface area (Å²) in [6, 6.07) is 3.13. The molecule has 172 valence electrons. The van der Waals surface area contributed by atoms with Crippen LogP contribution in [0.3, 0.4) is 0 Å². The van der Waals surface area contributed by atoms with Gasteiger partial charge in [0.05, 0.1) is 13.2 Å². The number of ether oxygens (including phenoxy) is 2. The van der Waals surface area contributed by atoms with Crippen LogP contribution < -0.4 is 10.2 Å². The Kier molecular flexibility index (Phi) is 6.91. The van der Waals surface area contributed by atoms with Crippen molar-refractivity contribution in [1.82, 2.24) is 14.9 Å². The highest BCUT2D eigenvalue weighted by Crippen LogP contribution is 2.38. The monoisotopic (exact) mass is 429 g/mol. The molecule has 1 saturated carbocycles. The minimum absolute atomic E-state index is 0.262. The molecular weight excluding hydrogens is 390 g/mol. The molecule has 1 aromatic rings. The highest BCUT2D eigenvalue weighted by atomic mass is 16.7. The molecule has 1 spiro atoms. The van der Waals surface area contributed by atoms with Gasteiger partial charge in [-0.3, -0.25) is 4.90 Å². The lowest BCUT2D eigenvalue weighted by atomic mass is 9.89. The average Bonchev–Trinajstić information content (AvgIpc) is 2.99. The first-order valence-electron chi connectivity index (χ1n) is 12.7. The molecule has 1 atom stereocenters. The molecule has 0 amide bonds. The molecule has 0 bridgehead atoms. The van der Waals surface area contributed by atoms with E-state index in [1.165, 1.54) is 64.3 Å². The van der Waals surface area contributed by atoms with Crippen molar-refractivity contribution in [3.63, 3.8) is 0 Å². The van der Waals surface area contributed by atoms with Crippen LogP contribution >= 0.6 is 0 Å². The summed E-state index contributed by atoms with van der Waals surface area (Å²) in [6.45, 7) is 6.03. The first kappa shape index (κ1) is 21.4. The second kappa shape index (κ2) is 10.0. The number of nitrogens with one attached hydrogen (secondary N) is 1. The summed E-state index contributed by atoms with van der Waals surface area (Å²) >= 11 is 0. The highest BCUT2D eigenvalue weighted by molar-refractivity contribution is 5.43.